The number of ether oxygens (including phenoxy) is 2. The maximum Gasteiger partial charge on any atom is 0.316 e. The number of carbonyl (C=O) groups is 2. The minimum atomic E-state index is -1.98. The van der Waals surface area contributed by atoms with E-state index in [9.17, 15) is 9.59 Å². The molecule has 5 rings (SSSR count). The molecule has 1 saturated heterocycles. The Hall–Kier alpha value is -1.23. The Labute approximate surface area is 205 Å². The van der Waals surface area contributed by atoms with Crippen LogP contribution >= 0.6 is 0 Å². The third-order valence-electron chi connectivity index (χ3n) is 9.19. The summed E-state index contributed by atoms with van der Waals surface area (Å²) >= 11 is 0. The van der Waals surface area contributed by atoms with Gasteiger partial charge in [0.2, 0.25) is 0 Å². The van der Waals surface area contributed by atoms with Crippen molar-refractivity contribution in [1.82, 2.24) is 0 Å². The van der Waals surface area contributed by atoms with Crippen LogP contribution < -0.4 is 0 Å². The topological polar surface area (TPSA) is 71.1 Å². The third kappa shape index (κ3) is 3.10. The van der Waals surface area contributed by atoms with Crippen LogP contribution in [0.3, 0.4) is 0 Å². The first-order chi connectivity index (χ1) is 15.6. The second-order valence-electron chi connectivity index (χ2n) is 13.4. The summed E-state index contributed by atoms with van der Waals surface area (Å²) in [5.74, 6) is -1.04. The molecule has 188 valence electrons. The van der Waals surface area contributed by atoms with Gasteiger partial charge in [-0.25, -0.2) is 0 Å². The van der Waals surface area contributed by atoms with Crippen molar-refractivity contribution >= 4 is 28.6 Å². The fourth-order valence-corrected chi connectivity index (χ4v) is 10.6. The zero-order valence-corrected chi connectivity index (χ0v) is 23.9. The third-order valence-corrected chi connectivity index (χ3v) is 11.2. The molecule has 5 aliphatic rings. The van der Waals surface area contributed by atoms with Crippen molar-refractivity contribution in [2.24, 2.45) is 34.5 Å². The molecule has 1 heterocycles. The van der Waals surface area contributed by atoms with Gasteiger partial charge in [-0.3, -0.25) is 9.59 Å². The largest absolute Gasteiger partial charge is 0.469 e. The predicted octanol–water partition coefficient (Wildman–Crippen LogP) is 4.69. The van der Waals surface area contributed by atoms with Gasteiger partial charge in [-0.05, 0) is 77.0 Å². The molecule has 1 spiro atoms. The van der Waals surface area contributed by atoms with Gasteiger partial charge in [0.1, 0.15) is 11.0 Å². The molecule has 0 amide bonds. The molecule has 0 aromatic rings. The van der Waals surface area contributed by atoms with E-state index in [0.717, 1.165) is 19.3 Å². The van der Waals surface area contributed by atoms with E-state index >= 15 is 0 Å². The van der Waals surface area contributed by atoms with Crippen LogP contribution in [0.25, 0.3) is 0 Å². The van der Waals surface area contributed by atoms with Crippen LogP contribution in [0.2, 0.25) is 39.3 Å². The van der Waals surface area contributed by atoms with Gasteiger partial charge in [-0.15, -0.1) is 0 Å². The molecular formula is C26H40O6Si2. The van der Waals surface area contributed by atoms with E-state index in [4.69, 9.17) is 18.3 Å². The van der Waals surface area contributed by atoms with E-state index in [0.29, 0.717) is 0 Å². The molecule has 1 aliphatic heterocycles. The Balaban J connectivity index is 1.67. The molecule has 0 radical (unpaired) electrons. The maximum atomic E-state index is 13.7. The highest BCUT2D eigenvalue weighted by Gasteiger charge is 2.83. The van der Waals surface area contributed by atoms with E-state index in [1.54, 1.807) is 0 Å². The first-order valence-corrected chi connectivity index (χ1v) is 19.4. The van der Waals surface area contributed by atoms with Crippen LogP contribution in [0.4, 0.5) is 0 Å². The number of carbonyl (C=O) groups excluding carboxylic acids is 2. The monoisotopic (exact) mass is 504 g/mol. The SMILES string of the molecule is C=C1C[C@]23C[C@H]1[C@@H](O[Si](C)(C)C)CC2[C@@]12C=C[C@H](O[Si](C)(C)C)C(C)(C(=O)O1)C2C3C(=O)OC. The van der Waals surface area contributed by atoms with Gasteiger partial charge >= 0.3 is 11.9 Å². The summed E-state index contributed by atoms with van der Waals surface area (Å²) in [7, 11) is -2.33. The second kappa shape index (κ2) is 7.17. The zero-order chi connectivity index (χ0) is 25.1. The molecule has 34 heavy (non-hydrogen) atoms. The van der Waals surface area contributed by atoms with Crippen molar-refractivity contribution in [1.29, 1.82) is 0 Å². The lowest BCUT2D eigenvalue weighted by Gasteiger charge is -2.46. The van der Waals surface area contributed by atoms with Crippen molar-refractivity contribution in [2.45, 2.75) is 83.3 Å². The number of fused-ring (bicyclic) bond motifs is 1. The second-order valence-corrected chi connectivity index (χ2v) is 22.4. The Morgan fingerprint density at radius 3 is 2.38 bits per heavy atom. The molecule has 6 nitrogen and oxygen atoms in total. The summed E-state index contributed by atoms with van der Waals surface area (Å²) in [6.07, 6.45) is 6.13. The molecule has 0 N–H and O–H groups in total. The number of hydrogen-bond donors (Lipinski definition) is 0. The van der Waals surface area contributed by atoms with Gasteiger partial charge in [0.05, 0.1) is 25.2 Å². The minimum absolute atomic E-state index is 0.0131. The van der Waals surface area contributed by atoms with Gasteiger partial charge in [0, 0.05) is 17.8 Å². The molecule has 4 unspecified atom stereocenters. The van der Waals surface area contributed by atoms with Gasteiger partial charge in [-0.1, -0.05) is 18.2 Å². The summed E-state index contributed by atoms with van der Waals surface area (Å²) in [5.41, 5.74) is -0.935. The van der Waals surface area contributed by atoms with Crippen LogP contribution in [-0.4, -0.2) is 53.5 Å². The Morgan fingerprint density at radius 2 is 1.79 bits per heavy atom. The first-order valence-electron chi connectivity index (χ1n) is 12.6. The lowest BCUT2D eigenvalue weighted by molar-refractivity contribution is -0.164. The van der Waals surface area contributed by atoms with E-state index < -0.39 is 39.7 Å². The number of esters is 2. The average Bonchev–Trinajstić information content (AvgIpc) is 3.18. The highest BCUT2D eigenvalue weighted by Crippen LogP contribution is 2.77. The van der Waals surface area contributed by atoms with Gasteiger partial charge < -0.3 is 18.3 Å². The van der Waals surface area contributed by atoms with Crippen molar-refractivity contribution in [3.8, 4) is 0 Å². The summed E-state index contributed by atoms with van der Waals surface area (Å²) in [6.45, 7) is 19.4. The summed E-state index contributed by atoms with van der Waals surface area (Å²) < 4.78 is 25.1. The van der Waals surface area contributed by atoms with Crippen molar-refractivity contribution in [2.75, 3.05) is 7.11 Å². The molecule has 4 aliphatic carbocycles. The molecular weight excluding hydrogens is 464 g/mol. The number of rotatable bonds is 5. The van der Waals surface area contributed by atoms with Crippen LogP contribution in [0.5, 0.6) is 0 Å². The van der Waals surface area contributed by atoms with Crippen molar-refractivity contribution < 1.29 is 27.9 Å². The fraction of sp³-hybridized carbons (Fsp3) is 0.769. The lowest BCUT2D eigenvalue weighted by Crippen LogP contribution is -2.54. The number of hydrogen-bond acceptors (Lipinski definition) is 6. The minimum Gasteiger partial charge on any atom is -0.469 e. The zero-order valence-electron chi connectivity index (χ0n) is 21.9. The Bertz CT molecular complexity index is 979. The Kier molecular flexibility index (Phi) is 5.16. The van der Waals surface area contributed by atoms with E-state index in [-0.39, 0.29) is 41.2 Å². The predicted molar refractivity (Wildman–Crippen MR) is 134 cm³/mol. The molecule has 9 atom stereocenters. The van der Waals surface area contributed by atoms with Gasteiger partial charge in [-0.2, -0.15) is 0 Å². The number of methoxy groups -OCH3 is 1. The highest BCUT2D eigenvalue weighted by molar-refractivity contribution is 6.70. The first kappa shape index (κ1) is 24.5. The smallest absolute Gasteiger partial charge is 0.316 e. The van der Waals surface area contributed by atoms with Crippen LogP contribution in [-0.2, 0) is 27.9 Å². The summed E-state index contributed by atoms with van der Waals surface area (Å²) in [5, 5.41) is 0. The maximum absolute atomic E-state index is 13.7. The quantitative estimate of drug-likeness (QED) is 0.307. The molecule has 8 heteroatoms. The molecule has 4 fully saturated rings. The van der Waals surface area contributed by atoms with Gasteiger partial charge in [0.25, 0.3) is 0 Å². The summed E-state index contributed by atoms with van der Waals surface area (Å²) in [4.78, 5) is 27.3. The lowest BCUT2D eigenvalue weighted by atomic mass is 9.61. The van der Waals surface area contributed by atoms with Crippen molar-refractivity contribution in [3.05, 3.63) is 24.3 Å². The highest BCUT2D eigenvalue weighted by atomic mass is 28.4. The van der Waals surface area contributed by atoms with Gasteiger partial charge in [0.15, 0.2) is 16.6 Å². The van der Waals surface area contributed by atoms with Crippen LogP contribution in [0.15, 0.2) is 24.3 Å². The van der Waals surface area contributed by atoms with E-state index in [2.05, 4.69) is 58.0 Å². The van der Waals surface area contributed by atoms with E-state index in [1.807, 2.05) is 6.92 Å². The van der Waals surface area contributed by atoms with E-state index in [1.165, 1.54) is 12.7 Å². The fourth-order valence-electron chi connectivity index (χ4n) is 8.32. The Morgan fingerprint density at radius 1 is 1.15 bits per heavy atom. The molecule has 0 aromatic carbocycles. The molecule has 3 saturated carbocycles. The van der Waals surface area contributed by atoms with Crippen LogP contribution in [0.1, 0.15) is 26.2 Å². The molecule has 0 aromatic heterocycles. The summed E-state index contributed by atoms with van der Waals surface area (Å²) in [6, 6.07) is 0. The average molecular weight is 505 g/mol. The normalized spacial score (nSPS) is 46.8. The standard InChI is InChI=1S/C26H40O6Si2/c1-15-13-25-14-16(15)17(31-33(4,5)6)12-18(25)26-11-10-19(32-34(7,8)9)24(2,23(28)30-26)21(26)20(25)22(27)29-3/h10-11,16-21H,1,12-14H2,2-9H3/t16-,17+,18?,19+,20?,21?,24?,25+,26-/m1/s1. The molecule has 4 bridgehead atoms. The van der Waals surface area contributed by atoms with Crippen molar-refractivity contribution in [3.63, 3.8) is 0 Å². The van der Waals surface area contributed by atoms with Crippen LogP contribution in [0, 0.1) is 34.5 Å².